The summed E-state index contributed by atoms with van der Waals surface area (Å²) in [5.41, 5.74) is 2.43. The minimum atomic E-state index is 0.191. The summed E-state index contributed by atoms with van der Waals surface area (Å²) < 4.78 is 7.28. The topological polar surface area (TPSA) is 57.5 Å². The Hall–Kier alpha value is -3.15. The number of benzene rings is 2. The zero-order valence-electron chi connectivity index (χ0n) is 16.0. The van der Waals surface area contributed by atoms with Crippen LogP contribution in [0.1, 0.15) is 24.1 Å². The molecule has 0 radical (unpaired) electrons. The number of nitrogens with one attached hydrogen (secondary N) is 1. The van der Waals surface area contributed by atoms with E-state index in [9.17, 15) is 0 Å². The summed E-state index contributed by atoms with van der Waals surface area (Å²) in [5, 5.41) is 7.36. The van der Waals surface area contributed by atoms with E-state index in [1.807, 2.05) is 54.1 Å². The molecule has 0 spiro atoms. The molecule has 2 aromatic carbocycles. The van der Waals surface area contributed by atoms with E-state index in [4.69, 9.17) is 4.52 Å². The van der Waals surface area contributed by atoms with Gasteiger partial charge in [0, 0.05) is 27.4 Å². The van der Waals surface area contributed by atoms with Crippen LogP contribution in [-0.2, 0) is 13.0 Å². The van der Waals surface area contributed by atoms with Gasteiger partial charge >= 0.3 is 5.88 Å². The highest BCUT2D eigenvalue weighted by molar-refractivity contribution is 5.91. The van der Waals surface area contributed by atoms with E-state index in [2.05, 4.69) is 58.9 Å². The predicted octanol–water partition coefficient (Wildman–Crippen LogP) is 3.30. The van der Waals surface area contributed by atoms with E-state index in [-0.39, 0.29) is 6.04 Å². The molecular formula is C21H26N5O+. The molecule has 0 aliphatic carbocycles. The summed E-state index contributed by atoms with van der Waals surface area (Å²) >= 11 is 0. The van der Waals surface area contributed by atoms with Crippen LogP contribution >= 0.6 is 0 Å². The highest BCUT2D eigenvalue weighted by Gasteiger charge is 2.21. The number of hydrogen-bond donors (Lipinski definition) is 1. The van der Waals surface area contributed by atoms with Crippen molar-refractivity contribution in [3.05, 3.63) is 78.0 Å². The lowest BCUT2D eigenvalue weighted by Gasteiger charge is -2.15. The van der Waals surface area contributed by atoms with Gasteiger partial charge in [0.25, 0.3) is 6.20 Å². The van der Waals surface area contributed by atoms with Crippen LogP contribution in [0.4, 0.5) is 5.88 Å². The van der Waals surface area contributed by atoms with Gasteiger partial charge < -0.3 is 4.90 Å². The Labute approximate surface area is 160 Å². The van der Waals surface area contributed by atoms with E-state index in [0.717, 1.165) is 17.9 Å². The summed E-state index contributed by atoms with van der Waals surface area (Å²) in [6.45, 7) is 2.72. The number of rotatable bonds is 6. The van der Waals surface area contributed by atoms with Gasteiger partial charge in [0.05, 0.1) is 6.54 Å². The molecule has 0 aliphatic rings. The lowest BCUT2D eigenvalue weighted by atomic mass is 10.1. The second-order valence-corrected chi connectivity index (χ2v) is 6.73. The Kier molecular flexibility index (Phi) is 6.20. The fourth-order valence-electron chi connectivity index (χ4n) is 2.72. The van der Waals surface area contributed by atoms with Gasteiger partial charge in [0.1, 0.15) is 0 Å². The van der Waals surface area contributed by atoms with Crippen molar-refractivity contribution in [1.82, 2.24) is 10.2 Å². The van der Waals surface area contributed by atoms with Crippen molar-refractivity contribution in [2.24, 2.45) is 4.99 Å². The molecule has 0 saturated carbocycles. The molecule has 0 aliphatic heterocycles. The third kappa shape index (κ3) is 5.41. The summed E-state index contributed by atoms with van der Waals surface area (Å²) in [6, 6.07) is 20.7. The van der Waals surface area contributed by atoms with Crippen molar-refractivity contribution in [2.75, 3.05) is 19.4 Å². The fourth-order valence-corrected chi connectivity index (χ4v) is 2.72. The average Bonchev–Trinajstić information content (AvgIpc) is 3.15. The molecule has 1 aromatic heterocycles. The summed E-state index contributed by atoms with van der Waals surface area (Å²) in [7, 11) is 3.89. The maximum Gasteiger partial charge on any atom is 0.302 e. The maximum absolute atomic E-state index is 5.45. The minimum absolute atomic E-state index is 0.191. The van der Waals surface area contributed by atoms with Crippen LogP contribution in [0.3, 0.4) is 0 Å². The lowest BCUT2D eigenvalue weighted by Crippen LogP contribution is -2.40. The molecule has 0 unspecified atom stereocenters. The van der Waals surface area contributed by atoms with Crippen molar-refractivity contribution in [3.8, 4) is 0 Å². The molecule has 0 amide bonds. The Balaban J connectivity index is 1.65. The van der Waals surface area contributed by atoms with Crippen molar-refractivity contribution >= 4 is 11.8 Å². The van der Waals surface area contributed by atoms with Gasteiger partial charge in [-0.15, -0.1) is 0 Å². The van der Waals surface area contributed by atoms with Gasteiger partial charge in [-0.2, -0.15) is 0 Å². The van der Waals surface area contributed by atoms with Crippen LogP contribution in [-0.4, -0.2) is 30.2 Å². The molecule has 1 heterocycles. The number of aliphatic imine (C=N–C) groups is 1. The number of nitrogens with zero attached hydrogens (tertiary/aromatic N) is 4. The van der Waals surface area contributed by atoms with Crippen molar-refractivity contribution in [3.63, 3.8) is 0 Å². The van der Waals surface area contributed by atoms with Gasteiger partial charge in [0.2, 0.25) is 11.2 Å². The fraction of sp³-hybridized carbons (Fsp3) is 0.286. The molecule has 1 N–H and O–H groups in total. The highest BCUT2D eigenvalue weighted by Crippen LogP contribution is 2.10. The summed E-state index contributed by atoms with van der Waals surface area (Å²) in [5.74, 6) is 1.29. The van der Waals surface area contributed by atoms with Crippen LogP contribution in [0.15, 0.2) is 76.4 Å². The summed E-state index contributed by atoms with van der Waals surface area (Å²) in [6.07, 6.45) is 2.76. The van der Waals surface area contributed by atoms with Crippen LogP contribution in [0.25, 0.3) is 0 Å². The Morgan fingerprint density at radius 2 is 1.70 bits per heavy atom. The molecular weight excluding hydrogens is 338 g/mol. The highest BCUT2D eigenvalue weighted by atomic mass is 16.5. The Morgan fingerprint density at radius 1 is 1.07 bits per heavy atom. The number of guanidine groups is 1. The van der Waals surface area contributed by atoms with Gasteiger partial charge in [-0.3, -0.25) is 9.84 Å². The first-order valence-electron chi connectivity index (χ1n) is 9.06. The first kappa shape index (κ1) is 18.6. The quantitative estimate of drug-likeness (QED) is 0.414. The number of anilines is 1. The third-order valence-corrected chi connectivity index (χ3v) is 4.22. The molecule has 0 fully saturated rings. The Bertz CT molecular complexity index is 859. The smallest absolute Gasteiger partial charge is 0.302 e. The molecule has 6 nitrogen and oxygen atoms in total. The summed E-state index contributed by atoms with van der Waals surface area (Å²) in [4.78, 5) is 6.56. The van der Waals surface area contributed by atoms with Crippen LogP contribution < -0.4 is 10.00 Å². The molecule has 27 heavy (non-hydrogen) atoms. The lowest BCUT2D eigenvalue weighted by molar-refractivity contribution is -0.782. The number of aromatic nitrogens is 2. The maximum atomic E-state index is 5.45. The zero-order valence-corrected chi connectivity index (χ0v) is 16.0. The van der Waals surface area contributed by atoms with Crippen molar-refractivity contribution < 1.29 is 9.20 Å². The van der Waals surface area contributed by atoms with Crippen LogP contribution in [0.5, 0.6) is 0 Å². The van der Waals surface area contributed by atoms with Crippen LogP contribution in [0.2, 0.25) is 0 Å². The predicted molar refractivity (Wildman–Crippen MR) is 106 cm³/mol. The molecule has 3 aromatic rings. The normalized spacial score (nSPS) is 12.6. The third-order valence-electron chi connectivity index (χ3n) is 4.22. The van der Waals surface area contributed by atoms with E-state index < -0.39 is 0 Å². The number of hydrogen-bond acceptors (Lipinski definition) is 3. The molecule has 140 valence electrons. The van der Waals surface area contributed by atoms with E-state index >= 15 is 0 Å². The second-order valence-electron chi connectivity index (χ2n) is 6.73. The van der Waals surface area contributed by atoms with E-state index in [1.54, 1.807) is 0 Å². The molecule has 0 saturated heterocycles. The van der Waals surface area contributed by atoms with E-state index in [1.165, 1.54) is 5.56 Å². The van der Waals surface area contributed by atoms with Gasteiger partial charge in [-0.05, 0) is 15.8 Å². The average molecular weight is 364 g/mol. The molecule has 3 rings (SSSR count). The monoisotopic (exact) mass is 364 g/mol. The standard InChI is InChI=1S/C21H26N5O/c1-17(14-18-10-6-4-7-11-18)26-16-20(27-24-26)23-21(25(2)3)22-15-19-12-8-5-9-13-19/h4-13,16-17H,14-15H2,1-3H3,(H,22,23)/q+1/t17-/m1/s1. The second kappa shape index (κ2) is 8.98. The first-order chi connectivity index (χ1) is 13.1. The zero-order chi connectivity index (χ0) is 19.1. The molecule has 6 heteroatoms. The molecule has 1 atom stereocenters. The van der Waals surface area contributed by atoms with Crippen molar-refractivity contribution in [1.29, 1.82) is 0 Å². The van der Waals surface area contributed by atoms with E-state index in [0.29, 0.717) is 12.4 Å². The largest absolute Gasteiger partial charge is 0.349 e. The minimum Gasteiger partial charge on any atom is -0.349 e. The van der Waals surface area contributed by atoms with Crippen molar-refractivity contribution in [2.45, 2.75) is 25.9 Å². The van der Waals surface area contributed by atoms with Crippen LogP contribution in [0, 0.1) is 0 Å². The van der Waals surface area contributed by atoms with Gasteiger partial charge in [-0.1, -0.05) is 60.7 Å². The van der Waals surface area contributed by atoms with Gasteiger partial charge in [0.15, 0.2) is 6.04 Å². The SMILES string of the molecule is C[C@H](Cc1ccccc1)[n+]1cc(NC(=NCc2ccccc2)N(C)C)on1. The Morgan fingerprint density at radius 3 is 2.33 bits per heavy atom. The van der Waals surface area contributed by atoms with Gasteiger partial charge in [-0.25, -0.2) is 4.99 Å². The first-order valence-corrected chi connectivity index (χ1v) is 9.06. The molecule has 0 bridgehead atoms.